The minimum Gasteiger partial charge on any atom is -0.481 e. The summed E-state index contributed by atoms with van der Waals surface area (Å²) in [5.74, 6) is -2.56. The standard InChI is InChI=1S/C16H31NO3.CHNO3/c1-2-3-4-5-6-7-8-9-10-11-12-14(16(19)20)13-15(17)18;3-1-2-5-4-1/h14H,2-13H2,1H3,(H2,17,18)(H,19,20);(H,2,3). The van der Waals surface area contributed by atoms with Crippen molar-refractivity contribution >= 4 is 11.9 Å². The number of unbranched alkanes of at least 4 members (excludes halogenated alkanes) is 9. The number of hydrogen-bond acceptors (Lipinski definition) is 5. The second-order valence-electron chi connectivity index (χ2n) is 6.23. The fourth-order valence-electron chi connectivity index (χ4n) is 2.51. The third-order valence-corrected chi connectivity index (χ3v) is 3.95. The average molecular weight is 360 g/mol. The highest BCUT2D eigenvalue weighted by Gasteiger charge is 2.19. The Morgan fingerprint density at radius 2 is 1.48 bits per heavy atom. The largest absolute Gasteiger partial charge is 0.488 e. The van der Waals surface area contributed by atoms with E-state index in [0.29, 0.717) is 6.42 Å². The van der Waals surface area contributed by atoms with E-state index in [4.69, 9.17) is 10.8 Å². The highest BCUT2D eigenvalue weighted by Crippen LogP contribution is 2.16. The van der Waals surface area contributed by atoms with Gasteiger partial charge in [-0.3, -0.25) is 9.59 Å². The maximum Gasteiger partial charge on any atom is 0.488 e. The van der Waals surface area contributed by atoms with Crippen LogP contribution >= 0.6 is 0 Å². The van der Waals surface area contributed by atoms with Crippen molar-refractivity contribution in [3.05, 3.63) is 10.6 Å². The van der Waals surface area contributed by atoms with E-state index in [2.05, 4.69) is 16.2 Å². The van der Waals surface area contributed by atoms with Crippen LogP contribution in [0.5, 0.6) is 0 Å². The van der Waals surface area contributed by atoms with E-state index >= 15 is 0 Å². The zero-order valence-corrected chi connectivity index (χ0v) is 15.1. The van der Waals surface area contributed by atoms with Crippen LogP contribution in [0, 0.1) is 5.92 Å². The van der Waals surface area contributed by atoms with Gasteiger partial charge in [0.2, 0.25) is 5.91 Å². The molecule has 1 unspecified atom stereocenters. The first-order valence-electron chi connectivity index (χ1n) is 9.12. The van der Waals surface area contributed by atoms with Gasteiger partial charge < -0.3 is 10.8 Å². The number of nitrogens with two attached hydrogens (primary N) is 1. The lowest BCUT2D eigenvalue weighted by Gasteiger charge is -2.09. The van der Waals surface area contributed by atoms with Crippen molar-refractivity contribution < 1.29 is 24.0 Å². The molecule has 4 N–H and O–H groups in total. The van der Waals surface area contributed by atoms with E-state index < -0.39 is 23.6 Å². The smallest absolute Gasteiger partial charge is 0.481 e. The second kappa shape index (κ2) is 15.5. The lowest BCUT2D eigenvalue weighted by molar-refractivity contribution is -0.144. The van der Waals surface area contributed by atoms with Gasteiger partial charge >= 0.3 is 11.7 Å². The zero-order valence-electron chi connectivity index (χ0n) is 15.1. The van der Waals surface area contributed by atoms with Gasteiger partial charge in [-0.05, 0) is 6.42 Å². The van der Waals surface area contributed by atoms with Crippen LogP contribution in [-0.2, 0) is 9.59 Å². The van der Waals surface area contributed by atoms with Gasteiger partial charge in [-0.2, -0.15) is 4.68 Å². The zero-order chi connectivity index (χ0) is 18.9. The van der Waals surface area contributed by atoms with Crippen LogP contribution < -0.4 is 11.5 Å². The maximum absolute atomic E-state index is 10.9. The predicted molar refractivity (Wildman–Crippen MR) is 93.0 cm³/mol. The van der Waals surface area contributed by atoms with Crippen LogP contribution in [-0.4, -0.2) is 22.1 Å². The van der Waals surface area contributed by atoms with Crippen LogP contribution in [0.2, 0.25) is 0 Å². The Labute approximate surface area is 148 Å². The van der Waals surface area contributed by atoms with Gasteiger partial charge in [-0.25, -0.2) is 9.37 Å². The second-order valence-corrected chi connectivity index (χ2v) is 6.23. The molecule has 0 aliphatic rings. The molecule has 0 fully saturated rings. The van der Waals surface area contributed by atoms with Gasteiger partial charge in [-0.15, -0.1) is 5.16 Å². The molecule has 1 aromatic heterocycles. The van der Waals surface area contributed by atoms with Crippen LogP contribution in [0.25, 0.3) is 0 Å². The molecule has 0 bridgehead atoms. The molecule has 8 heteroatoms. The van der Waals surface area contributed by atoms with Crippen LogP contribution in [0.3, 0.4) is 0 Å². The molecular weight excluding hydrogens is 328 g/mol. The highest BCUT2D eigenvalue weighted by molar-refractivity contribution is 5.80. The number of primary amides is 1. The SMILES string of the molecule is CCCCCCCCCCCCC(CC(N)=O)C(=O)O.O=c1[nH]oo1. The number of hydrogen-bond donors (Lipinski definition) is 3. The van der Waals surface area contributed by atoms with Crippen molar-refractivity contribution in [3.63, 3.8) is 0 Å². The Kier molecular flexibility index (Phi) is 14.3. The van der Waals surface area contributed by atoms with Crippen LogP contribution in [0.4, 0.5) is 0 Å². The minimum atomic E-state index is -0.903. The molecule has 146 valence electrons. The number of nitrogens with one attached hydrogen (secondary N) is 1. The molecule has 0 radical (unpaired) electrons. The van der Waals surface area contributed by atoms with E-state index in [0.717, 1.165) is 19.3 Å². The molecule has 0 aliphatic heterocycles. The monoisotopic (exact) mass is 360 g/mol. The lowest BCUT2D eigenvalue weighted by Crippen LogP contribution is -2.22. The summed E-state index contributed by atoms with van der Waals surface area (Å²) in [6.45, 7) is 2.22. The summed E-state index contributed by atoms with van der Waals surface area (Å²) in [7, 11) is 0. The summed E-state index contributed by atoms with van der Waals surface area (Å²) in [6, 6.07) is 0. The first kappa shape index (κ1) is 23.0. The number of H-pyrrole nitrogens is 1. The lowest BCUT2D eigenvalue weighted by atomic mass is 9.97. The topological polar surface area (TPSA) is 140 Å². The molecular formula is C17H32N2O6. The van der Waals surface area contributed by atoms with Gasteiger partial charge in [0.15, 0.2) is 0 Å². The number of aromatic amines is 1. The number of carboxylic acid groups (broad SMARTS) is 1. The summed E-state index contributed by atoms with van der Waals surface area (Å²) in [6.07, 6.45) is 12.8. The number of carbonyl (C=O) groups is 2. The Hall–Kier alpha value is -1.99. The van der Waals surface area contributed by atoms with Gasteiger partial charge in [0, 0.05) is 6.42 Å². The van der Waals surface area contributed by atoms with E-state index in [9.17, 15) is 14.4 Å². The van der Waals surface area contributed by atoms with E-state index in [1.54, 1.807) is 0 Å². The van der Waals surface area contributed by atoms with Crippen LogP contribution in [0.15, 0.2) is 14.1 Å². The molecule has 25 heavy (non-hydrogen) atoms. The van der Waals surface area contributed by atoms with E-state index in [1.807, 2.05) is 5.16 Å². The number of aromatic nitrogens is 1. The normalized spacial score (nSPS) is 11.6. The Balaban J connectivity index is 0.000000972. The average Bonchev–Trinajstić information content (AvgIpc) is 2.53. The third kappa shape index (κ3) is 15.3. The van der Waals surface area contributed by atoms with Gasteiger partial charge in [0.05, 0.1) is 5.92 Å². The van der Waals surface area contributed by atoms with Gasteiger partial charge in [-0.1, -0.05) is 71.1 Å². The van der Waals surface area contributed by atoms with Crippen molar-refractivity contribution in [1.82, 2.24) is 5.16 Å². The summed E-state index contributed by atoms with van der Waals surface area (Å²) in [4.78, 5) is 31.1. The molecule has 1 amide bonds. The Bertz CT molecular complexity index is 479. The van der Waals surface area contributed by atoms with E-state index in [1.165, 1.54) is 44.9 Å². The molecule has 0 saturated carbocycles. The fourth-order valence-corrected chi connectivity index (χ4v) is 2.51. The van der Waals surface area contributed by atoms with E-state index in [-0.39, 0.29) is 6.42 Å². The summed E-state index contributed by atoms with van der Waals surface area (Å²) in [5, 5.41) is 10.8. The van der Waals surface area contributed by atoms with Gasteiger partial charge in [0.25, 0.3) is 0 Å². The Morgan fingerprint density at radius 1 is 1.04 bits per heavy atom. The van der Waals surface area contributed by atoms with Crippen LogP contribution in [0.1, 0.15) is 84.0 Å². The highest BCUT2D eigenvalue weighted by atomic mass is 17.1. The summed E-state index contributed by atoms with van der Waals surface area (Å²) >= 11 is 0. The molecule has 0 spiro atoms. The summed E-state index contributed by atoms with van der Waals surface area (Å²) < 4.78 is 7.42. The predicted octanol–water partition coefficient (Wildman–Crippen LogP) is 3.43. The quantitative estimate of drug-likeness (QED) is 0.343. The number of rotatable bonds is 14. The first-order chi connectivity index (χ1) is 12.0. The summed E-state index contributed by atoms with van der Waals surface area (Å²) in [5.41, 5.74) is 5.05. The fraction of sp³-hybridized carbons (Fsp3) is 0.824. The maximum atomic E-state index is 10.9. The van der Waals surface area contributed by atoms with Crippen molar-refractivity contribution in [1.29, 1.82) is 0 Å². The molecule has 1 heterocycles. The minimum absolute atomic E-state index is 0.0350. The van der Waals surface area contributed by atoms with Crippen molar-refractivity contribution in [2.24, 2.45) is 11.7 Å². The number of carbonyl (C=O) groups excluding carboxylic acids is 1. The number of carboxylic acids is 1. The van der Waals surface area contributed by atoms with Crippen molar-refractivity contribution in [3.8, 4) is 0 Å². The van der Waals surface area contributed by atoms with Gasteiger partial charge in [0.1, 0.15) is 0 Å². The number of aliphatic carboxylic acids is 1. The molecule has 0 aliphatic carbocycles. The molecule has 0 saturated heterocycles. The third-order valence-electron chi connectivity index (χ3n) is 3.95. The first-order valence-corrected chi connectivity index (χ1v) is 9.12. The van der Waals surface area contributed by atoms with Crippen molar-refractivity contribution in [2.75, 3.05) is 0 Å². The Morgan fingerprint density at radius 3 is 1.80 bits per heavy atom. The molecule has 1 rings (SSSR count). The molecule has 1 atom stereocenters. The van der Waals surface area contributed by atoms with Crippen molar-refractivity contribution in [2.45, 2.75) is 84.0 Å². The molecule has 1 aromatic rings. The molecule has 8 nitrogen and oxygen atoms in total. The molecule has 0 aromatic carbocycles. The number of amides is 1.